The van der Waals surface area contributed by atoms with Gasteiger partial charge in [0.05, 0.1) is 5.02 Å². The Morgan fingerprint density at radius 2 is 1.68 bits per heavy atom. The van der Waals surface area contributed by atoms with Gasteiger partial charge in [-0.15, -0.1) is 11.8 Å². The number of thioether (sulfide) groups is 1. The van der Waals surface area contributed by atoms with Crippen molar-refractivity contribution in [2.75, 3.05) is 0 Å². The van der Waals surface area contributed by atoms with Gasteiger partial charge in [0, 0.05) is 15.7 Å². The minimum absolute atomic E-state index is 0.481. The second kappa shape index (κ2) is 6.68. The van der Waals surface area contributed by atoms with E-state index in [2.05, 4.69) is 0 Å². The summed E-state index contributed by atoms with van der Waals surface area (Å²) >= 11 is 13.6. The third kappa shape index (κ3) is 4.16. The van der Waals surface area contributed by atoms with Gasteiger partial charge in [-0.05, 0) is 29.2 Å². The minimum atomic E-state index is -1.43. The zero-order valence-electron chi connectivity index (χ0n) is 9.88. The molecule has 2 aromatic carbocycles. The molecule has 0 atom stereocenters. The first-order valence-electron chi connectivity index (χ1n) is 5.59. The standard InChI is InChI=1S/C13H11BCl2O2S/c15-11-5-6-12(16)13(7-11)19-8-9-1-3-10(4-2-9)14(17)18/h1-7,17-18H,8H2. The van der Waals surface area contributed by atoms with Crippen LogP contribution in [0.2, 0.25) is 10.0 Å². The Morgan fingerprint density at radius 1 is 1.00 bits per heavy atom. The van der Waals surface area contributed by atoms with E-state index in [1.165, 1.54) is 0 Å². The van der Waals surface area contributed by atoms with Crippen molar-refractivity contribution in [1.82, 2.24) is 0 Å². The molecule has 2 nitrogen and oxygen atoms in total. The maximum Gasteiger partial charge on any atom is 0.488 e. The van der Waals surface area contributed by atoms with Gasteiger partial charge in [-0.3, -0.25) is 0 Å². The lowest BCUT2D eigenvalue weighted by Crippen LogP contribution is -2.29. The number of hydrogen-bond acceptors (Lipinski definition) is 3. The smallest absolute Gasteiger partial charge is 0.423 e. The number of halogens is 2. The molecule has 0 fully saturated rings. The number of rotatable bonds is 4. The largest absolute Gasteiger partial charge is 0.488 e. The van der Waals surface area contributed by atoms with Crippen LogP contribution in [0, 0.1) is 0 Å². The Kier molecular flexibility index (Phi) is 5.19. The van der Waals surface area contributed by atoms with Crippen molar-refractivity contribution in [2.45, 2.75) is 10.6 Å². The molecule has 2 N–H and O–H groups in total. The molecule has 0 aliphatic carbocycles. The van der Waals surface area contributed by atoms with Crippen molar-refractivity contribution in [1.29, 1.82) is 0 Å². The molecule has 2 rings (SSSR count). The second-order valence-electron chi connectivity index (χ2n) is 3.98. The molecule has 0 aliphatic heterocycles. The Labute approximate surface area is 126 Å². The van der Waals surface area contributed by atoms with Gasteiger partial charge >= 0.3 is 7.12 Å². The maximum atomic E-state index is 9.01. The lowest BCUT2D eigenvalue weighted by Gasteiger charge is -2.06. The summed E-state index contributed by atoms with van der Waals surface area (Å²) in [5.41, 5.74) is 1.56. The predicted octanol–water partition coefficient (Wildman–Crippen LogP) is 2.97. The summed E-state index contributed by atoms with van der Waals surface area (Å²) < 4.78 is 0. The Morgan fingerprint density at radius 3 is 2.32 bits per heavy atom. The SMILES string of the molecule is OB(O)c1ccc(CSc2cc(Cl)ccc2Cl)cc1. The summed E-state index contributed by atoms with van der Waals surface area (Å²) in [6, 6.07) is 12.5. The van der Waals surface area contributed by atoms with Crippen molar-refractivity contribution in [2.24, 2.45) is 0 Å². The normalized spacial score (nSPS) is 10.5. The predicted molar refractivity (Wildman–Crippen MR) is 82.3 cm³/mol. The summed E-state index contributed by atoms with van der Waals surface area (Å²) in [7, 11) is -1.43. The minimum Gasteiger partial charge on any atom is -0.423 e. The van der Waals surface area contributed by atoms with Crippen molar-refractivity contribution in [3.63, 3.8) is 0 Å². The molecule has 19 heavy (non-hydrogen) atoms. The molecule has 0 amide bonds. The third-order valence-electron chi connectivity index (χ3n) is 2.57. The van der Waals surface area contributed by atoms with Gasteiger partial charge in [0.25, 0.3) is 0 Å². The van der Waals surface area contributed by atoms with Gasteiger partial charge in [-0.25, -0.2) is 0 Å². The van der Waals surface area contributed by atoms with E-state index >= 15 is 0 Å². The van der Waals surface area contributed by atoms with Crippen LogP contribution in [0.1, 0.15) is 5.56 Å². The Balaban J connectivity index is 2.04. The van der Waals surface area contributed by atoms with E-state index in [1.807, 2.05) is 18.2 Å². The first-order valence-corrected chi connectivity index (χ1v) is 7.33. The summed E-state index contributed by atoms with van der Waals surface area (Å²) in [4.78, 5) is 0.931. The quantitative estimate of drug-likeness (QED) is 0.673. The Bertz CT molecular complexity index is 561. The molecule has 0 heterocycles. The molecule has 0 radical (unpaired) electrons. The maximum absolute atomic E-state index is 9.01. The summed E-state index contributed by atoms with van der Waals surface area (Å²) in [5.74, 6) is 0.738. The summed E-state index contributed by atoms with van der Waals surface area (Å²) in [6.07, 6.45) is 0. The molecular weight excluding hydrogens is 302 g/mol. The lowest BCUT2D eigenvalue weighted by atomic mass is 9.80. The highest BCUT2D eigenvalue weighted by Crippen LogP contribution is 2.31. The van der Waals surface area contributed by atoms with Gasteiger partial charge < -0.3 is 10.0 Å². The van der Waals surface area contributed by atoms with Gasteiger partial charge in [0.1, 0.15) is 0 Å². The van der Waals surface area contributed by atoms with Crippen LogP contribution in [0.5, 0.6) is 0 Å². The Hall–Kier alpha value is -0.645. The molecule has 0 unspecified atom stereocenters. The van der Waals surface area contributed by atoms with Gasteiger partial charge in [-0.1, -0.05) is 47.5 Å². The molecule has 0 saturated carbocycles. The van der Waals surface area contributed by atoms with Crippen molar-refractivity contribution >= 4 is 47.5 Å². The second-order valence-corrected chi connectivity index (χ2v) is 5.84. The number of benzene rings is 2. The first kappa shape index (κ1) is 14.8. The molecule has 2 aromatic rings. The van der Waals surface area contributed by atoms with Gasteiger partial charge in [0.15, 0.2) is 0 Å². The van der Waals surface area contributed by atoms with Crippen LogP contribution >= 0.6 is 35.0 Å². The van der Waals surface area contributed by atoms with Crippen LogP contribution in [0.25, 0.3) is 0 Å². The molecule has 6 heteroatoms. The highest BCUT2D eigenvalue weighted by atomic mass is 35.5. The van der Waals surface area contributed by atoms with Crippen molar-refractivity contribution in [3.05, 3.63) is 58.1 Å². The average molecular weight is 313 g/mol. The monoisotopic (exact) mass is 312 g/mol. The molecule has 0 aromatic heterocycles. The fourth-order valence-electron chi connectivity index (χ4n) is 1.53. The summed E-state index contributed by atoms with van der Waals surface area (Å²) in [6.45, 7) is 0. The van der Waals surface area contributed by atoms with E-state index in [1.54, 1.807) is 36.0 Å². The third-order valence-corrected chi connectivity index (χ3v) is 4.37. The lowest BCUT2D eigenvalue weighted by molar-refractivity contribution is 0.426. The summed E-state index contributed by atoms with van der Waals surface area (Å²) in [5, 5.41) is 19.4. The molecule has 98 valence electrons. The van der Waals surface area contributed by atoms with E-state index in [-0.39, 0.29) is 0 Å². The molecule has 0 saturated heterocycles. The van der Waals surface area contributed by atoms with E-state index in [4.69, 9.17) is 33.2 Å². The van der Waals surface area contributed by atoms with E-state index in [9.17, 15) is 0 Å². The van der Waals surface area contributed by atoms with Gasteiger partial charge in [-0.2, -0.15) is 0 Å². The van der Waals surface area contributed by atoms with Crippen LogP contribution in [0.4, 0.5) is 0 Å². The van der Waals surface area contributed by atoms with E-state index < -0.39 is 7.12 Å². The van der Waals surface area contributed by atoms with Crippen molar-refractivity contribution in [3.8, 4) is 0 Å². The number of hydrogen-bond donors (Lipinski definition) is 2. The average Bonchev–Trinajstić information content (AvgIpc) is 2.40. The first-order chi connectivity index (χ1) is 9.06. The molecule has 0 aliphatic rings. The highest BCUT2D eigenvalue weighted by Gasteiger charge is 2.10. The van der Waals surface area contributed by atoms with Crippen LogP contribution in [-0.4, -0.2) is 17.2 Å². The topological polar surface area (TPSA) is 40.5 Å². The molecule has 0 spiro atoms. The van der Waals surface area contributed by atoms with Crippen LogP contribution < -0.4 is 5.46 Å². The van der Waals surface area contributed by atoms with Crippen molar-refractivity contribution < 1.29 is 10.0 Å². The van der Waals surface area contributed by atoms with Crippen LogP contribution in [0.15, 0.2) is 47.4 Å². The molecule has 0 bridgehead atoms. The van der Waals surface area contributed by atoms with Gasteiger partial charge in [0.2, 0.25) is 0 Å². The van der Waals surface area contributed by atoms with Crippen LogP contribution in [-0.2, 0) is 5.75 Å². The fraction of sp³-hybridized carbons (Fsp3) is 0.0769. The molecular formula is C13H11BCl2O2S. The zero-order valence-corrected chi connectivity index (χ0v) is 12.2. The van der Waals surface area contributed by atoms with Crippen LogP contribution in [0.3, 0.4) is 0 Å². The fourth-order valence-corrected chi connectivity index (χ4v) is 2.98. The van der Waals surface area contributed by atoms with E-state index in [0.717, 1.165) is 16.2 Å². The zero-order chi connectivity index (χ0) is 13.8. The highest BCUT2D eigenvalue weighted by molar-refractivity contribution is 7.98. The van der Waals surface area contributed by atoms with E-state index in [0.29, 0.717) is 15.5 Å².